The zero-order chi connectivity index (χ0) is 23.7. The van der Waals surface area contributed by atoms with E-state index in [1.807, 2.05) is 62.1 Å². The van der Waals surface area contributed by atoms with Gasteiger partial charge in [-0.25, -0.2) is 4.79 Å². The van der Waals surface area contributed by atoms with Crippen molar-refractivity contribution in [3.8, 4) is 11.5 Å². The van der Waals surface area contributed by atoms with Crippen molar-refractivity contribution in [2.45, 2.75) is 32.7 Å². The highest BCUT2D eigenvalue weighted by Gasteiger charge is 2.24. The quantitative estimate of drug-likeness (QED) is 0.605. The first-order valence-electron chi connectivity index (χ1n) is 11.6. The van der Waals surface area contributed by atoms with E-state index in [4.69, 9.17) is 9.47 Å². The molecule has 0 radical (unpaired) electrons. The van der Waals surface area contributed by atoms with E-state index < -0.39 is 0 Å². The second-order valence-corrected chi connectivity index (χ2v) is 9.62. The molecule has 0 atom stereocenters. The molecule has 0 unspecified atom stereocenters. The SMILES string of the molecule is CC(C)(C)NC(=O)N1CCCN(c2nnc(Nc3ccc4c(c3)OCO4)c3ccccc23)CC1. The molecule has 178 valence electrons. The van der Waals surface area contributed by atoms with Crippen molar-refractivity contribution < 1.29 is 14.3 Å². The van der Waals surface area contributed by atoms with E-state index in [1.165, 1.54) is 0 Å². The molecule has 9 nitrogen and oxygen atoms in total. The minimum atomic E-state index is -0.258. The van der Waals surface area contributed by atoms with E-state index in [0.29, 0.717) is 31.2 Å². The van der Waals surface area contributed by atoms with Gasteiger partial charge in [0.05, 0.1) is 0 Å². The number of nitrogens with one attached hydrogen (secondary N) is 2. The summed E-state index contributed by atoms with van der Waals surface area (Å²) >= 11 is 0. The minimum absolute atomic E-state index is 0.0198. The molecule has 0 saturated carbocycles. The van der Waals surface area contributed by atoms with Crippen LogP contribution in [0, 0.1) is 0 Å². The van der Waals surface area contributed by atoms with Gasteiger partial charge in [0.25, 0.3) is 0 Å². The van der Waals surface area contributed by atoms with Crippen LogP contribution in [0.5, 0.6) is 11.5 Å². The Kier molecular flexibility index (Phi) is 5.77. The number of fused-ring (bicyclic) bond motifs is 2. The van der Waals surface area contributed by atoms with Crippen molar-refractivity contribution in [1.29, 1.82) is 0 Å². The lowest BCUT2D eigenvalue weighted by atomic mass is 10.1. The van der Waals surface area contributed by atoms with Crippen LogP contribution >= 0.6 is 0 Å². The Morgan fingerprint density at radius 2 is 1.74 bits per heavy atom. The molecular weight excluding hydrogens is 432 g/mol. The zero-order valence-corrected chi connectivity index (χ0v) is 19.8. The highest BCUT2D eigenvalue weighted by Crippen LogP contribution is 2.36. The lowest BCUT2D eigenvalue weighted by molar-refractivity contribution is 0.174. The Bertz CT molecular complexity index is 1210. The highest BCUT2D eigenvalue weighted by molar-refractivity contribution is 5.99. The van der Waals surface area contributed by atoms with Gasteiger partial charge in [0, 0.05) is 54.2 Å². The Morgan fingerprint density at radius 3 is 2.56 bits per heavy atom. The summed E-state index contributed by atoms with van der Waals surface area (Å²) in [5, 5.41) is 17.6. The fourth-order valence-electron chi connectivity index (χ4n) is 4.26. The molecule has 2 aromatic carbocycles. The molecule has 0 spiro atoms. The third kappa shape index (κ3) is 4.64. The number of ether oxygens (including phenoxy) is 2. The van der Waals surface area contributed by atoms with Gasteiger partial charge < -0.3 is 29.9 Å². The van der Waals surface area contributed by atoms with Crippen molar-refractivity contribution in [1.82, 2.24) is 20.4 Å². The van der Waals surface area contributed by atoms with Gasteiger partial charge in [-0.1, -0.05) is 24.3 Å². The van der Waals surface area contributed by atoms with E-state index >= 15 is 0 Å². The number of urea groups is 1. The van der Waals surface area contributed by atoms with E-state index in [2.05, 4.69) is 31.8 Å². The van der Waals surface area contributed by atoms with Gasteiger partial charge in [0.2, 0.25) is 6.79 Å². The number of amides is 2. The largest absolute Gasteiger partial charge is 0.454 e. The lowest BCUT2D eigenvalue weighted by Gasteiger charge is -2.28. The summed E-state index contributed by atoms with van der Waals surface area (Å²) in [6, 6.07) is 13.8. The normalized spacial score (nSPS) is 15.9. The van der Waals surface area contributed by atoms with E-state index in [9.17, 15) is 4.79 Å². The molecule has 2 amide bonds. The lowest BCUT2D eigenvalue weighted by Crippen LogP contribution is -2.49. The zero-order valence-electron chi connectivity index (χ0n) is 19.8. The minimum Gasteiger partial charge on any atom is -0.454 e. The molecule has 5 rings (SSSR count). The molecule has 2 N–H and O–H groups in total. The molecule has 1 saturated heterocycles. The van der Waals surface area contributed by atoms with Crippen LogP contribution in [0.1, 0.15) is 27.2 Å². The van der Waals surface area contributed by atoms with Crippen LogP contribution in [0.25, 0.3) is 10.8 Å². The number of hydrogen-bond donors (Lipinski definition) is 2. The van der Waals surface area contributed by atoms with E-state index in [0.717, 1.165) is 41.0 Å². The molecule has 1 fully saturated rings. The molecule has 9 heteroatoms. The number of carbonyl (C=O) groups excluding carboxylic acids is 1. The van der Waals surface area contributed by atoms with Crippen LogP contribution in [-0.2, 0) is 0 Å². The number of aromatic nitrogens is 2. The summed E-state index contributed by atoms with van der Waals surface area (Å²) in [4.78, 5) is 16.8. The van der Waals surface area contributed by atoms with Crippen molar-refractivity contribution in [3.63, 3.8) is 0 Å². The molecular formula is C25H30N6O3. The van der Waals surface area contributed by atoms with Gasteiger partial charge in [-0.15, -0.1) is 10.2 Å². The second kappa shape index (κ2) is 8.89. The topological polar surface area (TPSA) is 91.9 Å². The van der Waals surface area contributed by atoms with Gasteiger partial charge in [-0.3, -0.25) is 0 Å². The summed E-state index contributed by atoms with van der Waals surface area (Å²) in [6.45, 7) is 9.09. The molecule has 34 heavy (non-hydrogen) atoms. The van der Waals surface area contributed by atoms with Crippen molar-refractivity contribution in [2.24, 2.45) is 0 Å². The van der Waals surface area contributed by atoms with Gasteiger partial charge in [-0.05, 0) is 39.3 Å². The van der Waals surface area contributed by atoms with Crippen LogP contribution in [0.4, 0.5) is 22.1 Å². The maximum absolute atomic E-state index is 12.7. The summed E-state index contributed by atoms with van der Waals surface area (Å²) in [7, 11) is 0. The van der Waals surface area contributed by atoms with E-state index in [-0.39, 0.29) is 18.4 Å². The first-order chi connectivity index (χ1) is 16.4. The third-order valence-electron chi connectivity index (χ3n) is 5.87. The highest BCUT2D eigenvalue weighted by atomic mass is 16.7. The summed E-state index contributed by atoms with van der Waals surface area (Å²) in [6.07, 6.45) is 0.866. The van der Waals surface area contributed by atoms with Crippen LogP contribution in [0.3, 0.4) is 0 Å². The van der Waals surface area contributed by atoms with Gasteiger partial charge in [0.1, 0.15) is 0 Å². The fraction of sp³-hybridized carbons (Fsp3) is 0.400. The molecule has 2 aliphatic heterocycles. The molecule has 3 aromatic rings. The maximum Gasteiger partial charge on any atom is 0.317 e. The van der Waals surface area contributed by atoms with Gasteiger partial charge in [0.15, 0.2) is 23.1 Å². The Hall–Kier alpha value is -3.75. The number of hydrogen-bond acceptors (Lipinski definition) is 7. The molecule has 1 aromatic heterocycles. The maximum atomic E-state index is 12.7. The Balaban J connectivity index is 1.37. The van der Waals surface area contributed by atoms with Crippen LogP contribution in [-0.4, -0.2) is 59.6 Å². The van der Waals surface area contributed by atoms with Crippen molar-refractivity contribution in [3.05, 3.63) is 42.5 Å². The number of carbonyl (C=O) groups is 1. The first-order valence-corrected chi connectivity index (χ1v) is 11.6. The molecule has 0 aliphatic carbocycles. The first kappa shape index (κ1) is 22.1. The molecule has 3 heterocycles. The Morgan fingerprint density at radius 1 is 0.941 bits per heavy atom. The Labute approximate surface area is 199 Å². The predicted octanol–water partition coefficient (Wildman–Crippen LogP) is 4.12. The van der Waals surface area contributed by atoms with Crippen molar-refractivity contribution >= 4 is 34.1 Å². The number of rotatable bonds is 3. The fourth-order valence-corrected chi connectivity index (χ4v) is 4.26. The standard InChI is InChI=1S/C25H30N6O3/c1-25(2,3)27-24(32)31-12-6-11-30(13-14-31)23-19-8-5-4-7-18(19)22(28-29-23)26-17-9-10-20-21(15-17)34-16-33-20/h4-5,7-10,15H,6,11-14,16H2,1-3H3,(H,26,28)(H,27,32). The average molecular weight is 463 g/mol. The smallest absolute Gasteiger partial charge is 0.317 e. The van der Waals surface area contributed by atoms with Crippen molar-refractivity contribution in [2.75, 3.05) is 43.2 Å². The summed E-state index contributed by atoms with van der Waals surface area (Å²) in [5.74, 6) is 2.97. The van der Waals surface area contributed by atoms with Gasteiger partial charge >= 0.3 is 6.03 Å². The van der Waals surface area contributed by atoms with E-state index in [1.54, 1.807) is 0 Å². The average Bonchev–Trinajstić information content (AvgIpc) is 3.13. The summed E-state index contributed by atoms with van der Waals surface area (Å²) < 4.78 is 10.9. The molecule has 0 bridgehead atoms. The van der Waals surface area contributed by atoms with Crippen LogP contribution < -0.4 is 25.0 Å². The third-order valence-corrected chi connectivity index (χ3v) is 5.87. The number of nitrogens with zero attached hydrogens (tertiary/aromatic N) is 4. The van der Waals surface area contributed by atoms with Crippen LogP contribution in [0.15, 0.2) is 42.5 Å². The van der Waals surface area contributed by atoms with Crippen LogP contribution in [0.2, 0.25) is 0 Å². The second-order valence-electron chi connectivity index (χ2n) is 9.62. The molecule has 2 aliphatic rings. The van der Waals surface area contributed by atoms with Gasteiger partial charge in [-0.2, -0.15) is 0 Å². The summed E-state index contributed by atoms with van der Waals surface area (Å²) in [5.41, 5.74) is 0.595. The number of benzene rings is 2. The number of anilines is 3. The predicted molar refractivity (Wildman–Crippen MR) is 132 cm³/mol. The monoisotopic (exact) mass is 462 g/mol.